The second kappa shape index (κ2) is 5.69. The van der Waals surface area contributed by atoms with Gasteiger partial charge in [0.15, 0.2) is 0 Å². The molecule has 1 N–H and O–H groups in total. The number of ether oxygens (including phenoxy) is 1. The van der Waals surface area contributed by atoms with Crippen LogP contribution in [0.15, 0.2) is 24.3 Å². The maximum atomic E-state index is 12.6. The van der Waals surface area contributed by atoms with Crippen molar-refractivity contribution in [2.75, 3.05) is 19.7 Å². The lowest BCUT2D eigenvalue weighted by Crippen LogP contribution is -2.53. The van der Waals surface area contributed by atoms with Gasteiger partial charge in [0.2, 0.25) is 5.91 Å². The summed E-state index contributed by atoms with van der Waals surface area (Å²) in [4.78, 5) is 23.7. The van der Waals surface area contributed by atoms with Crippen molar-refractivity contribution in [1.29, 1.82) is 0 Å². The van der Waals surface area contributed by atoms with Crippen LogP contribution in [0.5, 0.6) is 5.75 Å². The number of rotatable bonds is 5. The average molecular weight is 267 g/mol. The molecule has 2 rings (SSSR count). The fraction of sp³-hybridized carbons (Fsp3) is 0.385. The third kappa shape index (κ3) is 3.43. The Labute approximate surface area is 109 Å². The Balaban J connectivity index is 1.68. The summed E-state index contributed by atoms with van der Waals surface area (Å²) in [6.45, 7) is 0.730. The standard InChI is InChI=1S/C13H14FNO4/c14-10-1-3-11(4-2-10)19-6-5-12(16)15-7-9(8-15)13(17)18/h1-4,9H,5-8H2,(H,17,18). The topological polar surface area (TPSA) is 66.8 Å². The van der Waals surface area contributed by atoms with E-state index >= 15 is 0 Å². The lowest BCUT2D eigenvalue weighted by atomic mass is 10.0. The van der Waals surface area contributed by atoms with Crippen molar-refractivity contribution in [2.24, 2.45) is 5.92 Å². The number of halogens is 1. The minimum atomic E-state index is -0.869. The highest BCUT2D eigenvalue weighted by Gasteiger charge is 2.35. The van der Waals surface area contributed by atoms with Gasteiger partial charge >= 0.3 is 5.97 Å². The summed E-state index contributed by atoms with van der Waals surface area (Å²) in [7, 11) is 0. The number of carboxylic acids is 1. The van der Waals surface area contributed by atoms with E-state index in [1.165, 1.54) is 29.2 Å². The number of carbonyl (C=O) groups is 2. The van der Waals surface area contributed by atoms with Gasteiger partial charge in [-0.2, -0.15) is 0 Å². The van der Waals surface area contributed by atoms with Gasteiger partial charge in [0.25, 0.3) is 0 Å². The molecule has 0 aliphatic carbocycles. The smallest absolute Gasteiger partial charge is 0.310 e. The molecule has 6 heteroatoms. The molecule has 1 amide bonds. The number of hydrogen-bond donors (Lipinski definition) is 1. The van der Waals surface area contributed by atoms with Crippen LogP contribution in [0.2, 0.25) is 0 Å². The Morgan fingerprint density at radius 1 is 1.32 bits per heavy atom. The molecule has 0 radical (unpaired) electrons. The van der Waals surface area contributed by atoms with Crippen LogP contribution in [0.25, 0.3) is 0 Å². The zero-order chi connectivity index (χ0) is 13.8. The Morgan fingerprint density at radius 2 is 1.95 bits per heavy atom. The molecule has 19 heavy (non-hydrogen) atoms. The average Bonchev–Trinajstić information content (AvgIpc) is 2.29. The largest absolute Gasteiger partial charge is 0.493 e. The molecule has 0 atom stereocenters. The monoisotopic (exact) mass is 267 g/mol. The fourth-order valence-corrected chi connectivity index (χ4v) is 1.78. The van der Waals surface area contributed by atoms with Crippen molar-refractivity contribution >= 4 is 11.9 Å². The summed E-state index contributed by atoms with van der Waals surface area (Å²) < 4.78 is 17.9. The van der Waals surface area contributed by atoms with Crippen LogP contribution in [0.1, 0.15) is 6.42 Å². The second-order valence-corrected chi connectivity index (χ2v) is 4.39. The van der Waals surface area contributed by atoms with E-state index in [2.05, 4.69) is 0 Å². The Morgan fingerprint density at radius 3 is 2.53 bits per heavy atom. The molecule has 0 saturated carbocycles. The molecule has 0 spiro atoms. The van der Waals surface area contributed by atoms with Gasteiger partial charge in [-0.1, -0.05) is 0 Å². The minimum Gasteiger partial charge on any atom is -0.493 e. The molecule has 102 valence electrons. The number of likely N-dealkylation sites (tertiary alicyclic amines) is 1. The Hall–Kier alpha value is -2.11. The quantitative estimate of drug-likeness (QED) is 0.868. The van der Waals surface area contributed by atoms with Crippen LogP contribution in [0, 0.1) is 11.7 Å². The number of amides is 1. The van der Waals surface area contributed by atoms with Gasteiger partial charge in [0.1, 0.15) is 11.6 Å². The van der Waals surface area contributed by atoms with Crippen LogP contribution >= 0.6 is 0 Å². The molecule has 0 bridgehead atoms. The number of carboxylic acid groups (broad SMARTS) is 1. The van der Waals surface area contributed by atoms with Gasteiger partial charge in [-0.15, -0.1) is 0 Å². The van der Waals surface area contributed by atoms with Gasteiger partial charge in [0, 0.05) is 13.1 Å². The van der Waals surface area contributed by atoms with E-state index in [-0.39, 0.29) is 37.8 Å². The molecule has 0 aromatic heterocycles. The molecule has 1 fully saturated rings. The van der Waals surface area contributed by atoms with Crippen molar-refractivity contribution in [1.82, 2.24) is 4.90 Å². The predicted octanol–water partition coefficient (Wildman–Crippen LogP) is 1.14. The number of nitrogens with zero attached hydrogens (tertiary/aromatic N) is 1. The van der Waals surface area contributed by atoms with Crippen molar-refractivity contribution < 1.29 is 23.8 Å². The Kier molecular flexibility index (Phi) is 3.99. The van der Waals surface area contributed by atoms with Crippen LogP contribution < -0.4 is 4.74 Å². The van der Waals surface area contributed by atoms with E-state index < -0.39 is 11.9 Å². The first-order valence-corrected chi connectivity index (χ1v) is 5.95. The summed E-state index contributed by atoms with van der Waals surface area (Å²) in [6.07, 6.45) is 0.184. The molecule has 1 aliphatic rings. The fourth-order valence-electron chi connectivity index (χ4n) is 1.78. The van der Waals surface area contributed by atoms with Gasteiger partial charge in [-0.05, 0) is 24.3 Å². The van der Waals surface area contributed by atoms with Gasteiger partial charge in [-0.3, -0.25) is 9.59 Å². The SMILES string of the molecule is O=C(O)C1CN(C(=O)CCOc2ccc(F)cc2)C1. The van der Waals surface area contributed by atoms with E-state index in [9.17, 15) is 14.0 Å². The normalized spacial score (nSPS) is 14.9. The van der Waals surface area contributed by atoms with Crippen LogP contribution in [-0.2, 0) is 9.59 Å². The summed E-state index contributed by atoms with van der Waals surface area (Å²) in [5.41, 5.74) is 0. The van der Waals surface area contributed by atoms with E-state index in [4.69, 9.17) is 9.84 Å². The van der Waals surface area contributed by atoms with Crippen LogP contribution in [0.3, 0.4) is 0 Å². The second-order valence-electron chi connectivity index (χ2n) is 4.39. The number of hydrogen-bond acceptors (Lipinski definition) is 3. The third-order valence-corrected chi connectivity index (χ3v) is 2.98. The van der Waals surface area contributed by atoms with Crippen LogP contribution in [0.4, 0.5) is 4.39 Å². The lowest BCUT2D eigenvalue weighted by Gasteiger charge is -2.36. The molecule has 1 aromatic rings. The maximum absolute atomic E-state index is 12.6. The molecule has 1 heterocycles. The van der Waals surface area contributed by atoms with E-state index in [1.807, 2.05) is 0 Å². The van der Waals surface area contributed by atoms with Gasteiger partial charge in [0.05, 0.1) is 18.9 Å². The number of benzene rings is 1. The van der Waals surface area contributed by atoms with E-state index in [0.717, 1.165) is 0 Å². The van der Waals surface area contributed by atoms with Gasteiger partial charge < -0.3 is 14.7 Å². The highest BCUT2D eigenvalue weighted by atomic mass is 19.1. The molecule has 5 nitrogen and oxygen atoms in total. The van der Waals surface area contributed by atoms with Gasteiger partial charge in [-0.25, -0.2) is 4.39 Å². The first-order chi connectivity index (χ1) is 9.06. The molecular weight excluding hydrogens is 253 g/mol. The van der Waals surface area contributed by atoms with E-state index in [1.54, 1.807) is 0 Å². The summed E-state index contributed by atoms with van der Waals surface area (Å²) in [5, 5.41) is 8.69. The predicted molar refractivity (Wildman–Crippen MR) is 64.2 cm³/mol. The zero-order valence-electron chi connectivity index (χ0n) is 10.2. The zero-order valence-corrected chi connectivity index (χ0v) is 10.2. The first-order valence-electron chi connectivity index (χ1n) is 5.95. The highest BCUT2D eigenvalue weighted by Crippen LogP contribution is 2.17. The van der Waals surface area contributed by atoms with Crippen molar-refractivity contribution in [3.05, 3.63) is 30.1 Å². The third-order valence-electron chi connectivity index (χ3n) is 2.98. The summed E-state index contributed by atoms with van der Waals surface area (Å²) in [5.74, 6) is -1.28. The molecule has 1 saturated heterocycles. The Bertz CT molecular complexity index is 468. The van der Waals surface area contributed by atoms with Crippen molar-refractivity contribution in [3.8, 4) is 5.75 Å². The highest BCUT2D eigenvalue weighted by molar-refractivity contribution is 5.81. The molecular formula is C13H14FNO4. The van der Waals surface area contributed by atoms with Crippen LogP contribution in [-0.4, -0.2) is 41.6 Å². The maximum Gasteiger partial charge on any atom is 0.310 e. The number of carbonyl (C=O) groups excluding carboxylic acids is 1. The molecule has 1 aromatic carbocycles. The molecule has 0 unspecified atom stereocenters. The number of aliphatic carboxylic acids is 1. The lowest BCUT2D eigenvalue weighted by molar-refractivity contribution is -0.152. The van der Waals surface area contributed by atoms with Crippen molar-refractivity contribution in [2.45, 2.75) is 6.42 Å². The summed E-state index contributed by atoms with van der Waals surface area (Å²) in [6, 6.07) is 5.54. The van der Waals surface area contributed by atoms with E-state index in [0.29, 0.717) is 5.75 Å². The molecule has 1 aliphatic heterocycles. The first kappa shape index (κ1) is 13.3. The van der Waals surface area contributed by atoms with Crippen molar-refractivity contribution in [3.63, 3.8) is 0 Å². The minimum absolute atomic E-state index is 0.125. The summed E-state index contributed by atoms with van der Waals surface area (Å²) >= 11 is 0.